The predicted octanol–water partition coefficient (Wildman–Crippen LogP) is 16.4. The summed E-state index contributed by atoms with van der Waals surface area (Å²) in [5, 5.41) is 5.15. The Balaban J connectivity index is 1.01. The molecule has 1 unspecified atom stereocenters. The minimum atomic E-state index is -0.500. The Morgan fingerprint density at radius 3 is 1.62 bits per heavy atom. The lowest BCUT2D eigenvalue weighted by atomic mass is 9.67. The van der Waals surface area contributed by atoms with Crippen LogP contribution in [-0.4, -0.2) is 0 Å². The Labute approximate surface area is 360 Å². The van der Waals surface area contributed by atoms with E-state index in [1.54, 1.807) is 0 Å². The first-order valence-corrected chi connectivity index (χ1v) is 21.8. The molecule has 1 aliphatic carbocycles. The van der Waals surface area contributed by atoms with E-state index in [0.29, 0.717) is 0 Å². The largest absolute Gasteiger partial charge is 0.311 e. The Hall–Kier alpha value is -7.52. The first-order chi connectivity index (χ1) is 30.2. The normalized spacial score (nSPS) is 14.3. The van der Waals surface area contributed by atoms with Crippen molar-refractivity contribution in [2.24, 2.45) is 0 Å². The first kappa shape index (κ1) is 35.4. The molecule has 2 heteroatoms. The van der Waals surface area contributed by atoms with Crippen molar-refractivity contribution in [3.8, 4) is 33.4 Å². The summed E-state index contributed by atoms with van der Waals surface area (Å²) in [6, 6.07) is 87.1. The molecule has 1 nitrogen and oxygen atoms in total. The Bertz CT molecular complexity index is 3390. The number of benzene rings is 10. The number of anilines is 3. The van der Waals surface area contributed by atoms with Crippen molar-refractivity contribution >= 4 is 59.3 Å². The molecule has 11 aromatic rings. The summed E-state index contributed by atoms with van der Waals surface area (Å²) in [6.07, 6.45) is 0. The molecular weight excluding hydrogens is 755 g/mol. The van der Waals surface area contributed by atoms with Gasteiger partial charge in [0.2, 0.25) is 0 Å². The van der Waals surface area contributed by atoms with Gasteiger partial charge in [0.15, 0.2) is 0 Å². The lowest BCUT2D eigenvalue weighted by Crippen LogP contribution is -2.28. The minimum Gasteiger partial charge on any atom is -0.311 e. The summed E-state index contributed by atoms with van der Waals surface area (Å²) < 4.78 is 2.69. The summed E-state index contributed by atoms with van der Waals surface area (Å²) in [5.74, 6) is 0. The first-order valence-electron chi connectivity index (χ1n) is 21.0. The SMILES string of the molecule is c1ccc(-c2ccc(N(c3ccc(-c4ccc5ccccc5c4)cc3)c3ccc(C4(c5ccccc5)c5ccccc5-c5c4ccc4c5sc5ccccc54)cc3)cc2)cc1. The highest BCUT2D eigenvalue weighted by molar-refractivity contribution is 7.26. The van der Waals surface area contributed by atoms with Gasteiger partial charge >= 0.3 is 0 Å². The molecule has 0 amide bonds. The van der Waals surface area contributed by atoms with Crippen molar-refractivity contribution in [3.63, 3.8) is 0 Å². The zero-order valence-corrected chi connectivity index (χ0v) is 34.2. The van der Waals surface area contributed by atoms with Gasteiger partial charge in [-0.05, 0) is 109 Å². The summed E-state index contributed by atoms with van der Waals surface area (Å²) in [7, 11) is 0. The Kier molecular flexibility index (Phi) is 8.33. The minimum absolute atomic E-state index is 0.500. The molecule has 61 heavy (non-hydrogen) atoms. The molecule has 12 rings (SSSR count). The van der Waals surface area contributed by atoms with Gasteiger partial charge in [0, 0.05) is 42.8 Å². The van der Waals surface area contributed by atoms with Crippen molar-refractivity contribution in [2.75, 3.05) is 4.90 Å². The highest BCUT2D eigenvalue weighted by Gasteiger charge is 2.47. The van der Waals surface area contributed by atoms with E-state index in [1.807, 2.05) is 11.3 Å². The number of thiophene rings is 1. The van der Waals surface area contributed by atoms with Crippen LogP contribution in [-0.2, 0) is 5.41 Å². The second-order valence-corrected chi connectivity index (χ2v) is 17.1. The maximum absolute atomic E-state index is 2.41. The fourth-order valence-electron chi connectivity index (χ4n) is 9.93. The highest BCUT2D eigenvalue weighted by Crippen LogP contribution is 2.59. The zero-order chi connectivity index (χ0) is 40.3. The monoisotopic (exact) mass is 793 g/mol. The standard InChI is InChI=1S/C59H39NS/c1-3-13-40(14-4-1)42-25-31-48(32-26-42)60(49-33-27-43(28-34-49)45-24-23-41-15-7-8-16-44(41)39-45)50-35-29-47(30-36-50)59(46-17-5-2-6-18-46)54-21-11-9-20-53(54)57-55(59)38-37-52-51-19-10-12-22-56(51)61-58(52)57/h1-39H. The third-order valence-corrected chi connectivity index (χ3v) is 14.0. The molecule has 10 aromatic carbocycles. The van der Waals surface area contributed by atoms with Crippen LogP contribution in [0, 0.1) is 0 Å². The fraction of sp³-hybridized carbons (Fsp3) is 0.0169. The molecule has 0 saturated heterocycles. The number of rotatable bonds is 7. The van der Waals surface area contributed by atoms with Gasteiger partial charge in [-0.2, -0.15) is 0 Å². The molecule has 0 saturated carbocycles. The van der Waals surface area contributed by atoms with Crippen LogP contribution < -0.4 is 4.90 Å². The topological polar surface area (TPSA) is 3.24 Å². The molecule has 1 aliphatic rings. The molecule has 0 fully saturated rings. The molecule has 0 aliphatic heterocycles. The quantitative estimate of drug-likeness (QED) is 0.155. The second kappa shape index (κ2) is 14.3. The average molecular weight is 794 g/mol. The molecule has 0 spiro atoms. The van der Waals surface area contributed by atoms with E-state index in [2.05, 4.69) is 241 Å². The highest BCUT2D eigenvalue weighted by atomic mass is 32.1. The van der Waals surface area contributed by atoms with E-state index >= 15 is 0 Å². The number of nitrogens with zero attached hydrogens (tertiary/aromatic N) is 1. The van der Waals surface area contributed by atoms with Crippen molar-refractivity contribution in [2.45, 2.75) is 5.41 Å². The van der Waals surface area contributed by atoms with Gasteiger partial charge in [0.25, 0.3) is 0 Å². The smallest absolute Gasteiger partial charge is 0.0714 e. The van der Waals surface area contributed by atoms with Crippen molar-refractivity contribution in [1.29, 1.82) is 0 Å². The molecule has 0 bridgehead atoms. The predicted molar refractivity (Wildman–Crippen MR) is 260 cm³/mol. The van der Waals surface area contributed by atoms with Gasteiger partial charge < -0.3 is 4.90 Å². The van der Waals surface area contributed by atoms with Gasteiger partial charge in [-0.15, -0.1) is 11.3 Å². The van der Waals surface area contributed by atoms with Gasteiger partial charge in [-0.25, -0.2) is 0 Å². The third kappa shape index (κ3) is 5.68. The van der Waals surface area contributed by atoms with Crippen molar-refractivity contribution < 1.29 is 0 Å². The van der Waals surface area contributed by atoms with E-state index in [0.717, 1.165) is 17.1 Å². The number of hydrogen-bond donors (Lipinski definition) is 0. The van der Waals surface area contributed by atoms with E-state index in [9.17, 15) is 0 Å². The van der Waals surface area contributed by atoms with Crippen LogP contribution in [0.2, 0.25) is 0 Å². The van der Waals surface area contributed by atoms with Gasteiger partial charge in [0.05, 0.1) is 5.41 Å². The molecule has 1 heterocycles. The lowest BCUT2D eigenvalue weighted by molar-refractivity contribution is 0.769. The summed E-state index contributed by atoms with van der Waals surface area (Å²) in [4.78, 5) is 2.38. The van der Waals surface area contributed by atoms with Gasteiger partial charge in [-0.3, -0.25) is 0 Å². The van der Waals surface area contributed by atoms with Crippen LogP contribution in [0.15, 0.2) is 237 Å². The second-order valence-electron chi connectivity index (χ2n) is 16.0. The van der Waals surface area contributed by atoms with E-state index in [4.69, 9.17) is 0 Å². The van der Waals surface area contributed by atoms with Crippen LogP contribution >= 0.6 is 11.3 Å². The molecular formula is C59H39NS. The number of hydrogen-bond acceptors (Lipinski definition) is 2. The molecule has 286 valence electrons. The van der Waals surface area contributed by atoms with E-state index < -0.39 is 5.41 Å². The van der Waals surface area contributed by atoms with Crippen LogP contribution in [0.5, 0.6) is 0 Å². The Morgan fingerprint density at radius 1 is 0.344 bits per heavy atom. The van der Waals surface area contributed by atoms with Gasteiger partial charge in [-0.1, -0.05) is 188 Å². The fourth-order valence-corrected chi connectivity index (χ4v) is 11.2. The maximum Gasteiger partial charge on any atom is 0.0714 e. The van der Waals surface area contributed by atoms with Crippen LogP contribution in [0.4, 0.5) is 17.1 Å². The van der Waals surface area contributed by atoms with E-state index in [1.165, 1.54) is 86.6 Å². The van der Waals surface area contributed by atoms with E-state index in [-0.39, 0.29) is 0 Å². The Morgan fingerprint density at radius 2 is 0.885 bits per heavy atom. The summed E-state index contributed by atoms with van der Waals surface area (Å²) in [6.45, 7) is 0. The number of fused-ring (bicyclic) bond motifs is 8. The lowest BCUT2D eigenvalue weighted by Gasteiger charge is -2.34. The van der Waals surface area contributed by atoms with Gasteiger partial charge in [0.1, 0.15) is 0 Å². The molecule has 1 aromatic heterocycles. The maximum atomic E-state index is 2.41. The van der Waals surface area contributed by atoms with Crippen LogP contribution in [0.1, 0.15) is 22.3 Å². The van der Waals surface area contributed by atoms with Crippen molar-refractivity contribution in [3.05, 3.63) is 259 Å². The average Bonchev–Trinajstić information content (AvgIpc) is 3.87. The third-order valence-electron chi connectivity index (χ3n) is 12.8. The van der Waals surface area contributed by atoms with Crippen LogP contribution in [0.3, 0.4) is 0 Å². The zero-order valence-electron chi connectivity index (χ0n) is 33.4. The van der Waals surface area contributed by atoms with Crippen molar-refractivity contribution in [1.82, 2.24) is 0 Å². The molecule has 1 atom stereocenters. The van der Waals surface area contributed by atoms with Crippen LogP contribution in [0.25, 0.3) is 64.3 Å². The summed E-state index contributed by atoms with van der Waals surface area (Å²) >= 11 is 1.92. The molecule has 0 radical (unpaired) electrons. The summed E-state index contributed by atoms with van der Waals surface area (Å²) in [5.41, 5.74) is 15.5. The molecule has 0 N–H and O–H groups in total.